The van der Waals surface area contributed by atoms with E-state index in [2.05, 4.69) is 14.9 Å². The second-order valence-corrected chi connectivity index (χ2v) is 7.10. The van der Waals surface area contributed by atoms with Crippen LogP contribution in [0.15, 0.2) is 33.5 Å². The number of H-pyrrole nitrogens is 1. The molecule has 23 heavy (non-hydrogen) atoms. The predicted molar refractivity (Wildman–Crippen MR) is 83.6 cm³/mol. The van der Waals surface area contributed by atoms with Crippen molar-refractivity contribution < 1.29 is 17.6 Å². The van der Waals surface area contributed by atoms with Crippen LogP contribution in [0, 0.1) is 0 Å². The molecule has 2 aromatic rings. The zero-order valence-corrected chi connectivity index (χ0v) is 13.1. The van der Waals surface area contributed by atoms with E-state index in [4.69, 9.17) is 9.15 Å². The first-order valence-electron chi connectivity index (χ1n) is 7.30. The molecule has 0 saturated carbocycles. The van der Waals surface area contributed by atoms with Crippen molar-refractivity contribution in [3.8, 4) is 11.5 Å². The number of aromatic amines is 1. The Morgan fingerprint density at radius 2 is 2.13 bits per heavy atom. The van der Waals surface area contributed by atoms with Crippen LogP contribution in [-0.2, 0) is 14.8 Å². The van der Waals surface area contributed by atoms with Gasteiger partial charge in [0.1, 0.15) is 0 Å². The van der Waals surface area contributed by atoms with E-state index in [-0.39, 0.29) is 17.7 Å². The minimum absolute atomic E-state index is 0.0298. The third kappa shape index (κ3) is 3.99. The van der Waals surface area contributed by atoms with E-state index in [1.54, 1.807) is 24.3 Å². The second-order valence-electron chi connectivity index (χ2n) is 5.34. The number of anilines is 1. The summed E-state index contributed by atoms with van der Waals surface area (Å²) in [6.07, 6.45) is 2.37. The lowest BCUT2D eigenvalue weighted by atomic mass is 10.1. The Kier molecular flexibility index (Phi) is 4.49. The third-order valence-corrected chi connectivity index (χ3v) is 4.88. The van der Waals surface area contributed by atoms with Crippen molar-refractivity contribution in [1.29, 1.82) is 0 Å². The van der Waals surface area contributed by atoms with Gasteiger partial charge >= 0.3 is 5.76 Å². The summed E-state index contributed by atoms with van der Waals surface area (Å²) in [5.41, 5.74) is 0.692. The quantitative estimate of drug-likeness (QED) is 0.849. The first-order chi connectivity index (χ1) is 11.0. The molecule has 0 spiro atoms. The number of hydrogen-bond donors (Lipinski definition) is 2. The summed E-state index contributed by atoms with van der Waals surface area (Å²) in [4.78, 5) is 11.1. The van der Waals surface area contributed by atoms with E-state index in [9.17, 15) is 13.2 Å². The highest BCUT2D eigenvalue weighted by molar-refractivity contribution is 7.92. The third-order valence-electron chi connectivity index (χ3n) is 3.54. The highest BCUT2D eigenvalue weighted by Gasteiger charge is 2.23. The maximum Gasteiger partial charge on any atom is 0.434 e. The van der Waals surface area contributed by atoms with Crippen LogP contribution in [0.4, 0.5) is 5.69 Å². The number of rotatable bonds is 5. The number of sulfonamides is 1. The molecule has 2 N–H and O–H groups in total. The summed E-state index contributed by atoms with van der Waals surface area (Å²) in [6, 6.07) is 6.59. The van der Waals surface area contributed by atoms with E-state index in [1.165, 1.54) is 0 Å². The highest BCUT2D eigenvalue weighted by atomic mass is 32.2. The van der Waals surface area contributed by atoms with Crippen molar-refractivity contribution >= 4 is 15.7 Å². The van der Waals surface area contributed by atoms with Crippen molar-refractivity contribution in [2.24, 2.45) is 0 Å². The first kappa shape index (κ1) is 15.8. The average Bonchev–Trinajstić information content (AvgIpc) is 2.94. The van der Waals surface area contributed by atoms with Crippen LogP contribution in [0.1, 0.15) is 19.3 Å². The van der Waals surface area contributed by atoms with Gasteiger partial charge in [-0.3, -0.25) is 4.72 Å². The van der Waals surface area contributed by atoms with Gasteiger partial charge in [0.15, 0.2) is 0 Å². The zero-order valence-electron chi connectivity index (χ0n) is 12.3. The van der Waals surface area contributed by atoms with Gasteiger partial charge in [-0.2, -0.15) is 0 Å². The molecule has 1 fully saturated rings. The van der Waals surface area contributed by atoms with E-state index in [0.29, 0.717) is 17.9 Å². The van der Waals surface area contributed by atoms with Crippen LogP contribution in [-0.4, -0.2) is 37.1 Å². The standard InChI is InChI=1S/C14H17N3O5S/c18-14-16-15-13(22-14)11-6-1-2-7-12(11)17-23(19,20)9-10-5-3-4-8-21-10/h1-2,6-7,10,17H,3-5,8-9H2,(H,16,18). The van der Waals surface area contributed by atoms with Gasteiger partial charge in [-0.1, -0.05) is 12.1 Å². The Morgan fingerprint density at radius 3 is 2.83 bits per heavy atom. The normalized spacial score (nSPS) is 18.7. The topological polar surface area (TPSA) is 114 Å². The molecule has 2 heterocycles. The Labute approximate surface area is 132 Å². The number of hydrogen-bond acceptors (Lipinski definition) is 6. The molecule has 0 aliphatic carbocycles. The molecule has 9 heteroatoms. The molecule has 0 radical (unpaired) electrons. The van der Waals surface area contributed by atoms with Gasteiger partial charge in [0.25, 0.3) is 5.89 Å². The van der Waals surface area contributed by atoms with Crippen molar-refractivity contribution in [1.82, 2.24) is 10.2 Å². The van der Waals surface area contributed by atoms with Gasteiger partial charge in [0.05, 0.1) is 23.1 Å². The molecule has 8 nitrogen and oxygen atoms in total. The molecule has 0 bridgehead atoms. The van der Waals surface area contributed by atoms with Gasteiger partial charge in [-0.05, 0) is 31.4 Å². The molecule has 1 saturated heterocycles. The summed E-state index contributed by atoms with van der Waals surface area (Å²) in [5.74, 6) is -0.776. The van der Waals surface area contributed by atoms with E-state index < -0.39 is 15.8 Å². The molecule has 1 aliphatic heterocycles. The molecule has 1 atom stereocenters. The van der Waals surface area contributed by atoms with Crippen LogP contribution in [0.25, 0.3) is 11.5 Å². The van der Waals surface area contributed by atoms with Crippen LogP contribution in [0.2, 0.25) is 0 Å². The number of ether oxygens (including phenoxy) is 1. The first-order valence-corrected chi connectivity index (χ1v) is 8.96. The van der Waals surface area contributed by atoms with Crippen molar-refractivity contribution in [3.63, 3.8) is 0 Å². The lowest BCUT2D eigenvalue weighted by Gasteiger charge is -2.22. The lowest BCUT2D eigenvalue weighted by molar-refractivity contribution is 0.0306. The molecule has 1 aromatic heterocycles. The van der Waals surface area contributed by atoms with Crippen molar-refractivity contribution in [2.45, 2.75) is 25.4 Å². The van der Waals surface area contributed by atoms with Crippen LogP contribution >= 0.6 is 0 Å². The summed E-state index contributed by atoms with van der Waals surface area (Å²) in [5, 5.41) is 5.88. The molecule has 124 valence electrons. The average molecular weight is 339 g/mol. The fourth-order valence-corrected chi connectivity index (χ4v) is 3.85. The predicted octanol–water partition coefficient (Wildman–Crippen LogP) is 1.34. The van der Waals surface area contributed by atoms with E-state index in [1.807, 2.05) is 0 Å². The summed E-state index contributed by atoms with van der Waals surface area (Å²) in [7, 11) is -3.59. The Bertz CT molecular complexity index is 821. The van der Waals surface area contributed by atoms with Gasteiger partial charge in [-0.25, -0.2) is 18.3 Å². The van der Waals surface area contributed by atoms with Crippen LogP contribution < -0.4 is 10.5 Å². The number of nitrogens with zero attached hydrogens (tertiary/aromatic N) is 1. The molecule has 1 aromatic carbocycles. The second kappa shape index (κ2) is 6.55. The highest BCUT2D eigenvalue weighted by Crippen LogP contribution is 2.26. The van der Waals surface area contributed by atoms with Gasteiger partial charge in [0, 0.05) is 6.61 Å². The largest absolute Gasteiger partial charge is 0.434 e. The van der Waals surface area contributed by atoms with Crippen molar-refractivity contribution in [3.05, 3.63) is 34.8 Å². The molecular formula is C14H17N3O5S. The van der Waals surface area contributed by atoms with Crippen LogP contribution in [0.5, 0.6) is 0 Å². The van der Waals surface area contributed by atoms with Gasteiger partial charge < -0.3 is 9.15 Å². The zero-order chi connectivity index (χ0) is 16.3. The summed E-state index contributed by atoms with van der Waals surface area (Å²) >= 11 is 0. The Morgan fingerprint density at radius 1 is 1.30 bits per heavy atom. The fraction of sp³-hybridized carbons (Fsp3) is 0.429. The maximum absolute atomic E-state index is 12.3. The van der Waals surface area contributed by atoms with Crippen molar-refractivity contribution in [2.75, 3.05) is 17.1 Å². The molecule has 0 amide bonds. The number of nitrogens with one attached hydrogen (secondary N) is 2. The smallest absolute Gasteiger partial charge is 0.388 e. The van der Waals surface area contributed by atoms with Crippen LogP contribution in [0.3, 0.4) is 0 Å². The molecule has 3 rings (SSSR count). The van der Waals surface area contributed by atoms with Gasteiger partial charge in [-0.15, -0.1) is 5.10 Å². The fourth-order valence-electron chi connectivity index (χ4n) is 2.50. The number of para-hydroxylation sites is 1. The molecular weight excluding hydrogens is 322 g/mol. The summed E-state index contributed by atoms with van der Waals surface area (Å²) in [6.45, 7) is 0.592. The monoisotopic (exact) mass is 339 g/mol. The minimum Gasteiger partial charge on any atom is -0.388 e. The number of benzene rings is 1. The Balaban J connectivity index is 1.80. The lowest BCUT2D eigenvalue weighted by Crippen LogP contribution is -2.31. The summed E-state index contributed by atoms with van der Waals surface area (Å²) < 4.78 is 37.6. The minimum atomic E-state index is -3.59. The van der Waals surface area contributed by atoms with E-state index >= 15 is 0 Å². The SMILES string of the molecule is O=c1[nH]nc(-c2ccccc2NS(=O)(=O)CC2CCCCO2)o1. The van der Waals surface area contributed by atoms with E-state index in [0.717, 1.165) is 19.3 Å². The van der Waals surface area contributed by atoms with Gasteiger partial charge in [0.2, 0.25) is 10.0 Å². The Hall–Kier alpha value is -2.13. The molecule has 1 unspecified atom stereocenters. The number of aromatic nitrogens is 2. The maximum atomic E-state index is 12.3. The molecule has 1 aliphatic rings.